The van der Waals surface area contributed by atoms with Gasteiger partial charge < -0.3 is 0 Å². The van der Waals surface area contributed by atoms with E-state index in [1.807, 2.05) is 6.55 Å². The van der Waals surface area contributed by atoms with Crippen LogP contribution in [0.2, 0.25) is 12.6 Å². The Bertz CT molecular complexity index is 78.7. The Morgan fingerprint density at radius 1 is 1.09 bits per heavy atom. The summed E-state index contributed by atoms with van der Waals surface area (Å²) in [6.07, 6.45) is 5.10. The van der Waals surface area contributed by atoms with Crippen molar-refractivity contribution >= 4 is 28.9 Å². The third-order valence-corrected chi connectivity index (χ3v) is 3.83. The SMILES string of the molecule is C.CCCCCC[Si](C)(Cl)Cl. The van der Waals surface area contributed by atoms with E-state index in [9.17, 15) is 0 Å². The molecule has 0 aliphatic carbocycles. The Morgan fingerprint density at radius 3 is 2.00 bits per heavy atom. The smallest absolute Gasteiger partial charge is 0.146 e. The van der Waals surface area contributed by atoms with Crippen molar-refractivity contribution in [3.05, 3.63) is 0 Å². The highest BCUT2D eigenvalue weighted by Gasteiger charge is 2.19. The first kappa shape index (κ1) is 14.3. The summed E-state index contributed by atoms with van der Waals surface area (Å²) >= 11 is 11.8. The predicted octanol–water partition coefficient (Wildman–Crippen LogP) is 4.75. The lowest BCUT2D eigenvalue weighted by Gasteiger charge is -2.08. The molecule has 0 aliphatic rings. The van der Waals surface area contributed by atoms with E-state index in [4.69, 9.17) is 22.2 Å². The lowest BCUT2D eigenvalue weighted by Crippen LogP contribution is -2.11. The molecule has 11 heavy (non-hydrogen) atoms. The highest BCUT2D eigenvalue weighted by Crippen LogP contribution is 2.22. The van der Waals surface area contributed by atoms with Crippen LogP contribution in [0.3, 0.4) is 0 Å². The standard InChI is InChI=1S/C7H16Cl2Si.CH4/c1-3-4-5-6-7-10(2,8)9;/h3-7H2,1-2H3;1H4. The average molecular weight is 215 g/mol. The van der Waals surface area contributed by atoms with Gasteiger partial charge in [-0.05, 0) is 12.6 Å². The molecule has 0 amide bonds. The monoisotopic (exact) mass is 214 g/mol. The van der Waals surface area contributed by atoms with Crippen molar-refractivity contribution in [1.82, 2.24) is 0 Å². The third kappa shape index (κ3) is 13.7. The molecule has 0 radical (unpaired) electrons. The number of unbranched alkanes of at least 4 members (excludes halogenated alkanes) is 3. The molecule has 3 heteroatoms. The van der Waals surface area contributed by atoms with Crippen LogP contribution in [0.15, 0.2) is 0 Å². The molecule has 0 aromatic carbocycles. The van der Waals surface area contributed by atoms with E-state index in [2.05, 4.69) is 6.92 Å². The molecule has 0 atom stereocenters. The van der Waals surface area contributed by atoms with Gasteiger partial charge in [-0.2, -0.15) is 0 Å². The summed E-state index contributed by atoms with van der Waals surface area (Å²) in [4.78, 5) is 0. The average Bonchev–Trinajstić information content (AvgIpc) is 1.78. The summed E-state index contributed by atoms with van der Waals surface area (Å²) < 4.78 is 0. The summed E-state index contributed by atoms with van der Waals surface area (Å²) in [6, 6.07) is 1.05. The minimum absolute atomic E-state index is 0. The van der Waals surface area contributed by atoms with Crippen molar-refractivity contribution in [2.45, 2.75) is 52.6 Å². The van der Waals surface area contributed by atoms with Crippen LogP contribution in [0.1, 0.15) is 40.0 Å². The van der Waals surface area contributed by atoms with Crippen molar-refractivity contribution in [2.24, 2.45) is 0 Å². The fourth-order valence-electron chi connectivity index (χ4n) is 0.862. The van der Waals surface area contributed by atoms with E-state index in [-0.39, 0.29) is 7.43 Å². The fraction of sp³-hybridized carbons (Fsp3) is 1.00. The lowest BCUT2D eigenvalue weighted by atomic mass is 10.2. The van der Waals surface area contributed by atoms with E-state index < -0.39 is 6.69 Å². The molecule has 0 unspecified atom stereocenters. The molecule has 0 fully saturated rings. The van der Waals surface area contributed by atoms with Crippen LogP contribution in [-0.4, -0.2) is 6.69 Å². The van der Waals surface area contributed by atoms with Gasteiger partial charge in [0, 0.05) is 0 Å². The molecular formula is C8H20Cl2Si. The first-order chi connectivity index (χ1) is 4.56. The molecule has 0 aromatic heterocycles. The van der Waals surface area contributed by atoms with Gasteiger partial charge in [0.1, 0.15) is 0 Å². The van der Waals surface area contributed by atoms with Crippen LogP contribution in [0.4, 0.5) is 0 Å². The summed E-state index contributed by atoms with van der Waals surface area (Å²) in [6.45, 7) is 2.43. The first-order valence-corrected chi connectivity index (χ1v) is 8.67. The Balaban J connectivity index is 0. The molecule has 0 heterocycles. The molecule has 0 aliphatic heterocycles. The normalized spacial score (nSPS) is 10.9. The topological polar surface area (TPSA) is 0 Å². The zero-order chi connectivity index (χ0) is 8.04. The second-order valence-corrected chi connectivity index (χ2v) is 11.1. The molecule has 70 valence electrons. The maximum absolute atomic E-state index is 5.92. The van der Waals surface area contributed by atoms with Gasteiger partial charge in [-0.15, -0.1) is 22.2 Å². The van der Waals surface area contributed by atoms with Gasteiger partial charge >= 0.3 is 0 Å². The van der Waals surface area contributed by atoms with Crippen molar-refractivity contribution < 1.29 is 0 Å². The summed E-state index contributed by atoms with van der Waals surface area (Å²) in [5.41, 5.74) is 0. The third-order valence-electron chi connectivity index (χ3n) is 1.47. The minimum atomic E-state index is -1.76. The fourth-order valence-corrected chi connectivity index (χ4v) is 2.53. The summed E-state index contributed by atoms with van der Waals surface area (Å²) in [7, 11) is 0. The minimum Gasteiger partial charge on any atom is -0.146 e. The highest BCUT2D eigenvalue weighted by molar-refractivity contribution is 7.44. The first-order valence-electron chi connectivity index (χ1n) is 3.94. The van der Waals surface area contributed by atoms with Gasteiger partial charge in [0.15, 0.2) is 0 Å². The van der Waals surface area contributed by atoms with Gasteiger partial charge in [0.25, 0.3) is 0 Å². The Labute approximate surface area is 81.7 Å². The van der Waals surface area contributed by atoms with Gasteiger partial charge in [-0.3, -0.25) is 0 Å². The van der Waals surface area contributed by atoms with E-state index >= 15 is 0 Å². The zero-order valence-electron chi connectivity index (χ0n) is 6.79. The summed E-state index contributed by atoms with van der Waals surface area (Å²) in [5.74, 6) is 0. The van der Waals surface area contributed by atoms with E-state index in [1.54, 1.807) is 0 Å². The molecule has 0 nitrogen and oxygen atoms in total. The molecule has 0 bridgehead atoms. The van der Waals surface area contributed by atoms with Gasteiger partial charge in [0.2, 0.25) is 6.69 Å². The van der Waals surface area contributed by atoms with Crippen molar-refractivity contribution in [1.29, 1.82) is 0 Å². The predicted molar refractivity (Wildman–Crippen MR) is 59.0 cm³/mol. The highest BCUT2D eigenvalue weighted by atomic mass is 35.7. The molecule has 0 saturated carbocycles. The Morgan fingerprint density at radius 2 is 1.64 bits per heavy atom. The molecule has 0 spiro atoms. The van der Waals surface area contributed by atoms with Crippen molar-refractivity contribution in [3.8, 4) is 0 Å². The van der Waals surface area contributed by atoms with E-state index in [0.717, 1.165) is 6.04 Å². The molecule has 0 aromatic rings. The maximum atomic E-state index is 5.92. The molecule has 0 saturated heterocycles. The second-order valence-electron chi connectivity index (χ2n) is 2.88. The number of halogens is 2. The molecule has 0 rings (SSSR count). The van der Waals surface area contributed by atoms with Crippen LogP contribution >= 0.6 is 22.2 Å². The summed E-state index contributed by atoms with van der Waals surface area (Å²) in [5, 5.41) is 0. The Kier molecular flexibility index (Phi) is 9.70. The zero-order valence-corrected chi connectivity index (χ0v) is 9.30. The van der Waals surface area contributed by atoms with Crippen molar-refractivity contribution in [3.63, 3.8) is 0 Å². The number of hydrogen-bond donors (Lipinski definition) is 0. The van der Waals surface area contributed by atoms with E-state index in [0.29, 0.717) is 0 Å². The second kappa shape index (κ2) is 7.45. The van der Waals surface area contributed by atoms with Crippen LogP contribution in [0.5, 0.6) is 0 Å². The Hall–Kier alpha value is 0.797. The number of hydrogen-bond acceptors (Lipinski definition) is 0. The van der Waals surface area contributed by atoms with Crippen LogP contribution in [0, 0.1) is 0 Å². The van der Waals surface area contributed by atoms with Crippen molar-refractivity contribution in [2.75, 3.05) is 0 Å². The molecule has 0 N–H and O–H groups in total. The van der Waals surface area contributed by atoms with Crippen LogP contribution in [0.25, 0.3) is 0 Å². The molecular weight excluding hydrogens is 195 g/mol. The lowest BCUT2D eigenvalue weighted by molar-refractivity contribution is 0.699. The van der Waals surface area contributed by atoms with E-state index in [1.165, 1.54) is 25.7 Å². The van der Waals surface area contributed by atoms with Gasteiger partial charge in [-0.1, -0.05) is 40.0 Å². The van der Waals surface area contributed by atoms with Gasteiger partial charge in [-0.25, -0.2) is 0 Å². The number of rotatable bonds is 5. The van der Waals surface area contributed by atoms with Crippen LogP contribution < -0.4 is 0 Å². The van der Waals surface area contributed by atoms with Crippen LogP contribution in [-0.2, 0) is 0 Å². The quantitative estimate of drug-likeness (QED) is 0.352. The maximum Gasteiger partial charge on any atom is 0.248 e. The van der Waals surface area contributed by atoms with Gasteiger partial charge in [0.05, 0.1) is 0 Å². The largest absolute Gasteiger partial charge is 0.248 e.